The fraction of sp³-hybridized carbons (Fsp3) is 0.556. The molecule has 1 N–H and O–H groups in total. The average Bonchev–Trinajstić information content (AvgIpc) is 2.05. The summed E-state index contributed by atoms with van der Waals surface area (Å²) >= 11 is 0. The molecule has 0 aromatic carbocycles. The van der Waals surface area contributed by atoms with Crippen molar-refractivity contribution in [2.75, 3.05) is 13.9 Å². The highest BCUT2D eigenvalue weighted by atomic mass is 16.7. The van der Waals surface area contributed by atoms with E-state index in [-0.39, 0.29) is 6.79 Å². The van der Waals surface area contributed by atoms with E-state index in [0.29, 0.717) is 6.42 Å². The lowest BCUT2D eigenvalue weighted by molar-refractivity contribution is 0.0194. The first-order valence-electron chi connectivity index (χ1n) is 3.87. The summed E-state index contributed by atoms with van der Waals surface area (Å²) in [4.78, 5) is 0. The molecule has 0 spiro atoms. The molecule has 0 amide bonds. The van der Waals surface area contributed by atoms with Gasteiger partial charge in [-0.15, -0.1) is 0 Å². The van der Waals surface area contributed by atoms with Gasteiger partial charge in [-0.25, -0.2) is 0 Å². The summed E-state index contributed by atoms with van der Waals surface area (Å²) in [6.07, 6.45) is 6.96. The number of hydrogen-bond donors (Lipinski definition) is 1. The SMILES string of the molecule is C/C=C/C(O)C/C=C/OCOC. The number of aliphatic hydroxyl groups is 1. The summed E-state index contributed by atoms with van der Waals surface area (Å²) in [7, 11) is 1.56. The van der Waals surface area contributed by atoms with Crippen LogP contribution in [0.4, 0.5) is 0 Å². The molecule has 0 saturated heterocycles. The molecule has 3 heteroatoms. The molecule has 0 bridgehead atoms. The second-order valence-corrected chi connectivity index (χ2v) is 2.27. The lowest BCUT2D eigenvalue weighted by Gasteiger charge is -2.00. The Bertz CT molecular complexity index is 141. The Labute approximate surface area is 73.3 Å². The minimum Gasteiger partial charge on any atom is -0.476 e. The highest BCUT2D eigenvalue weighted by molar-refractivity contribution is 4.90. The van der Waals surface area contributed by atoms with Crippen LogP contribution >= 0.6 is 0 Å². The van der Waals surface area contributed by atoms with E-state index in [1.54, 1.807) is 19.3 Å². The van der Waals surface area contributed by atoms with Gasteiger partial charge in [0.15, 0.2) is 6.79 Å². The van der Waals surface area contributed by atoms with Crippen LogP contribution in [0.5, 0.6) is 0 Å². The molecule has 0 radical (unpaired) electrons. The zero-order valence-corrected chi connectivity index (χ0v) is 7.56. The van der Waals surface area contributed by atoms with Crippen molar-refractivity contribution in [3.05, 3.63) is 24.5 Å². The van der Waals surface area contributed by atoms with Crippen molar-refractivity contribution in [2.24, 2.45) is 0 Å². The van der Waals surface area contributed by atoms with Gasteiger partial charge >= 0.3 is 0 Å². The van der Waals surface area contributed by atoms with Gasteiger partial charge in [0.2, 0.25) is 0 Å². The predicted octanol–water partition coefficient (Wildman–Crippen LogP) is 1.45. The Hall–Kier alpha value is -0.800. The molecule has 1 atom stereocenters. The molecule has 0 aromatic rings. The smallest absolute Gasteiger partial charge is 0.187 e. The summed E-state index contributed by atoms with van der Waals surface area (Å²) in [5, 5.41) is 9.18. The molecule has 0 rings (SSSR count). The van der Waals surface area contributed by atoms with Crippen LogP contribution in [0, 0.1) is 0 Å². The summed E-state index contributed by atoms with van der Waals surface area (Å²) in [6, 6.07) is 0. The number of rotatable bonds is 6. The monoisotopic (exact) mass is 172 g/mol. The van der Waals surface area contributed by atoms with Gasteiger partial charge in [-0.1, -0.05) is 12.2 Å². The van der Waals surface area contributed by atoms with Gasteiger partial charge in [0.1, 0.15) is 0 Å². The molecule has 1 unspecified atom stereocenters. The molecule has 70 valence electrons. The Balaban J connectivity index is 3.33. The molecule has 0 aliphatic rings. The second-order valence-electron chi connectivity index (χ2n) is 2.27. The van der Waals surface area contributed by atoms with Gasteiger partial charge in [0.25, 0.3) is 0 Å². The molecule has 0 aliphatic carbocycles. The highest BCUT2D eigenvalue weighted by Gasteiger charge is 1.92. The molecule has 0 fully saturated rings. The minimum atomic E-state index is -0.419. The van der Waals surface area contributed by atoms with Gasteiger partial charge in [0.05, 0.1) is 12.4 Å². The first kappa shape index (κ1) is 11.2. The lowest BCUT2D eigenvalue weighted by Crippen LogP contribution is -1.99. The summed E-state index contributed by atoms with van der Waals surface area (Å²) in [5.74, 6) is 0. The molecule has 12 heavy (non-hydrogen) atoms. The minimum absolute atomic E-state index is 0.246. The number of hydrogen-bond acceptors (Lipinski definition) is 3. The third-order valence-electron chi connectivity index (χ3n) is 1.17. The van der Waals surface area contributed by atoms with E-state index in [4.69, 9.17) is 4.74 Å². The summed E-state index contributed by atoms with van der Waals surface area (Å²) in [5.41, 5.74) is 0. The van der Waals surface area contributed by atoms with E-state index in [0.717, 1.165) is 0 Å². The van der Waals surface area contributed by atoms with Crippen LogP contribution in [0.3, 0.4) is 0 Å². The number of aliphatic hydroxyl groups excluding tert-OH is 1. The van der Waals surface area contributed by atoms with Crippen molar-refractivity contribution in [1.82, 2.24) is 0 Å². The highest BCUT2D eigenvalue weighted by Crippen LogP contribution is 1.95. The van der Waals surface area contributed by atoms with E-state index in [1.165, 1.54) is 6.26 Å². The maximum absolute atomic E-state index is 9.18. The maximum Gasteiger partial charge on any atom is 0.187 e. The molecule has 3 nitrogen and oxygen atoms in total. The Morgan fingerprint density at radius 3 is 2.83 bits per heavy atom. The van der Waals surface area contributed by atoms with Crippen LogP contribution in [-0.4, -0.2) is 25.1 Å². The van der Waals surface area contributed by atoms with Crippen molar-refractivity contribution in [1.29, 1.82) is 0 Å². The van der Waals surface area contributed by atoms with E-state index in [9.17, 15) is 5.11 Å². The van der Waals surface area contributed by atoms with E-state index in [2.05, 4.69) is 4.74 Å². The van der Waals surface area contributed by atoms with Crippen LogP contribution in [0.2, 0.25) is 0 Å². The van der Waals surface area contributed by atoms with Gasteiger partial charge in [-0.3, -0.25) is 0 Å². The van der Waals surface area contributed by atoms with Crippen LogP contribution in [-0.2, 0) is 9.47 Å². The zero-order chi connectivity index (χ0) is 9.23. The second kappa shape index (κ2) is 8.30. The Morgan fingerprint density at radius 1 is 1.50 bits per heavy atom. The van der Waals surface area contributed by atoms with Crippen molar-refractivity contribution < 1.29 is 14.6 Å². The van der Waals surface area contributed by atoms with E-state index < -0.39 is 6.10 Å². The third kappa shape index (κ3) is 7.31. The molecule has 0 heterocycles. The van der Waals surface area contributed by atoms with Crippen LogP contribution in [0.1, 0.15) is 13.3 Å². The molecule has 0 saturated carbocycles. The maximum atomic E-state index is 9.18. The molecular formula is C9H16O3. The van der Waals surface area contributed by atoms with Crippen molar-refractivity contribution >= 4 is 0 Å². The standard InChI is InChI=1S/C9H16O3/c1-3-5-9(10)6-4-7-12-8-11-2/h3-5,7,9-10H,6,8H2,1-2H3/b5-3+,7-4+. The van der Waals surface area contributed by atoms with Crippen molar-refractivity contribution in [3.63, 3.8) is 0 Å². The number of methoxy groups -OCH3 is 1. The number of allylic oxidation sites excluding steroid dienone is 1. The Morgan fingerprint density at radius 2 is 2.25 bits per heavy atom. The quantitative estimate of drug-likeness (QED) is 0.285. The summed E-state index contributed by atoms with van der Waals surface area (Å²) < 4.78 is 9.52. The molecule has 0 aromatic heterocycles. The van der Waals surface area contributed by atoms with Crippen LogP contribution < -0.4 is 0 Å². The van der Waals surface area contributed by atoms with Crippen LogP contribution in [0.15, 0.2) is 24.5 Å². The van der Waals surface area contributed by atoms with Crippen molar-refractivity contribution in [2.45, 2.75) is 19.4 Å². The Kier molecular flexibility index (Phi) is 7.74. The topological polar surface area (TPSA) is 38.7 Å². The zero-order valence-electron chi connectivity index (χ0n) is 7.56. The van der Waals surface area contributed by atoms with E-state index in [1.807, 2.05) is 13.0 Å². The van der Waals surface area contributed by atoms with Gasteiger partial charge < -0.3 is 14.6 Å². The fourth-order valence-electron chi connectivity index (χ4n) is 0.671. The fourth-order valence-corrected chi connectivity index (χ4v) is 0.671. The van der Waals surface area contributed by atoms with Gasteiger partial charge in [-0.05, 0) is 19.4 Å². The largest absolute Gasteiger partial charge is 0.476 e. The summed E-state index contributed by atoms with van der Waals surface area (Å²) in [6.45, 7) is 2.12. The lowest BCUT2D eigenvalue weighted by atomic mass is 10.2. The van der Waals surface area contributed by atoms with Gasteiger partial charge in [-0.2, -0.15) is 0 Å². The third-order valence-corrected chi connectivity index (χ3v) is 1.17. The van der Waals surface area contributed by atoms with E-state index >= 15 is 0 Å². The van der Waals surface area contributed by atoms with Crippen molar-refractivity contribution in [3.8, 4) is 0 Å². The molecule has 0 aliphatic heterocycles. The number of ether oxygens (including phenoxy) is 2. The first-order chi connectivity index (χ1) is 5.81. The predicted molar refractivity (Wildman–Crippen MR) is 47.5 cm³/mol. The first-order valence-corrected chi connectivity index (χ1v) is 3.87. The normalized spacial score (nSPS) is 14.2. The average molecular weight is 172 g/mol. The van der Waals surface area contributed by atoms with Crippen LogP contribution in [0.25, 0.3) is 0 Å². The molecular weight excluding hydrogens is 156 g/mol. The van der Waals surface area contributed by atoms with Gasteiger partial charge in [0, 0.05) is 7.11 Å².